The predicted octanol–water partition coefficient (Wildman–Crippen LogP) is 7.02. The minimum absolute atomic E-state index is 0.375. The second kappa shape index (κ2) is 10.1. The molecule has 0 saturated heterocycles. The van der Waals surface area contributed by atoms with Gasteiger partial charge in [-0.05, 0) is 46.7 Å². The summed E-state index contributed by atoms with van der Waals surface area (Å²) in [6.45, 7) is 1.80. The Morgan fingerprint density at radius 1 is 0.839 bits per heavy atom. The van der Waals surface area contributed by atoms with Gasteiger partial charge in [0.1, 0.15) is 18.1 Å². The highest BCUT2D eigenvalue weighted by Gasteiger charge is 2.10. The van der Waals surface area contributed by atoms with Crippen LogP contribution < -0.4 is 14.8 Å². The maximum atomic E-state index is 6.32. The van der Waals surface area contributed by atoms with Crippen LogP contribution in [0.1, 0.15) is 16.7 Å². The van der Waals surface area contributed by atoms with Gasteiger partial charge < -0.3 is 14.8 Å². The van der Waals surface area contributed by atoms with Crippen molar-refractivity contribution in [2.45, 2.75) is 19.7 Å². The lowest BCUT2D eigenvalue weighted by molar-refractivity contribution is 0.303. The van der Waals surface area contributed by atoms with Crippen LogP contribution in [0.2, 0.25) is 10.0 Å². The third kappa shape index (κ3) is 5.31. The fraction of sp³-hybridized carbons (Fsp3) is 0.154. The molecule has 0 fully saturated rings. The summed E-state index contributed by atoms with van der Waals surface area (Å²) in [5.74, 6) is 1.70. The molecule has 4 aromatic carbocycles. The first kappa shape index (κ1) is 21.5. The van der Waals surface area contributed by atoms with Gasteiger partial charge in [0.15, 0.2) is 0 Å². The fourth-order valence-electron chi connectivity index (χ4n) is 3.50. The Morgan fingerprint density at radius 2 is 1.65 bits per heavy atom. The van der Waals surface area contributed by atoms with Gasteiger partial charge >= 0.3 is 0 Å². The number of methoxy groups -OCH3 is 1. The molecule has 0 aliphatic heterocycles. The Kier molecular flexibility index (Phi) is 6.98. The van der Waals surface area contributed by atoms with Crippen LogP contribution in [0.25, 0.3) is 10.8 Å². The number of hydrogen-bond acceptors (Lipinski definition) is 3. The Bertz CT molecular complexity index is 1180. The first-order valence-electron chi connectivity index (χ1n) is 10.0. The smallest absolute Gasteiger partial charge is 0.124 e. The number of rotatable bonds is 8. The van der Waals surface area contributed by atoms with Crippen molar-refractivity contribution in [1.82, 2.24) is 5.32 Å². The second-order valence-corrected chi connectivity index (χ2v) is 8.08. The van der Waals surface area contributed by atoms with E-state index < -0.39 is 0 Å². The van der Waals surface area contributed by atoms with E-state index >= 15 is 0 Å². The maximum Gasteiger partial charge on any atom is 0.124 e. The van der Waals surface area contributed by atoms with Crippen LogP contribution in [0.15, 0.2) is 78.9 Å². The van der Waals surface area contributed by atoms with Gasteiger partial charge in [-0.1, -0.05) is 71.7 Å². The van der Waals surface area contributed by atoms with Crippen molar-refractivity contribution in [3.63, 3.8) is 0 Å². The number of hydrogen-bond donors (Lipinski definition) is 1. The molecule has 0 heterocycles. The van der Waals surface area contributed by atoms with Crippen LogP contribution in [0, 0.1) is 0 Å². The molecule has 158 valence electrons. The normalized spacial score (nSPS) is 10.9. The molecule has 4 rings (SSSR count). The molecule has 1 N–H and O–H groups in total. The lowest BCUT2D eigenvalue weighted by Crippen LogP contribution is -2.14. The quantitative estimate of drug-likeness (QED) is 0.312. The van der Waals surface area contributed by atoms with E-state index in [9.17, 15) is 0 Å². The van der Waals surface area contributed by atoms with Crippen LogP contribution in [0.5, 0.6) is 11.5 Å². The first-order valence-corrected chi connectivity index (χ1v) is 10.8. The highest BCUT2D eigenvalue weighted by atomic mass is 35.5. The van der Waals surface area contributed by atoms with Gasteiger partial charge in [0.05, 0.1) is 7.11 Å². The summed E-state index contributed by atoms with van der Waals surface area (Å²) in [6, 6.07) is 26.0. The molecule has 0 amide bonds. The summed E-state index contributed by atoms with van der Waals surface area (Å²) in [6.07, 6.45) is 0. The topological polar surface area (TPSA) is 30.5 Å². The Balaban J connectivity index is 1.53. The number of fused-ring (bicyclic) bond motifs is 1. The summed E-state index contributed by atoms with van der Waals surface area (Å²) in [5.41, 5.74) is 3.21. The SMILES string of the molecule is COc1ccc(CNCc2c(OCc3ccc(Cl)cc3Cl)ccc3ccccc23)cc1. The van der Waals surface area contributed by atoms with Crippen LogP contribution >= 0.6 is 23.2 Å². The van der Waals surface area contributed by atoms with E-state index in [2.05, 4.69) is 41.7 Å². The molecule has 0 atom stereocenters. The molecule has 4 aromatic rings. The fourth-order valence-corrected chi connectivity index (χ4v) is 3.97. The zero-order valence-corrected chi connectivity index (χ0v) is 18.7. The van der Waals surface area contributed by atoms with Crippen LogP contribution in [0.3, 0.4) is 0 Å². The van der Waals surface area contributed by atoms with Crippen molar-refractivity contribution in [2.75, 3.05) is 7.11 Å². The molecule has 31 heavy (non-hydrogen) atoms. The lowest BCUT2D eigenvalue weighted by Gasteiger charge is -2.16. The Morgan fingerprint density at radius 3 is 2.42 bits per heavy atom. The molecular formula is C26H23Cl2NO2. The maximum absolute atomic E-state index is 6.32. The van der Waals surface area contributed by atoms with E-state index in [4.69, 9.17) is 32.7 Å². The zero-order chi connectivity index (χ0) is 21.6. The van der Waals surface area contributed by atoms with Crippen molar-refractivity contribution >= 4 is 34.0 Å². The number of benzene rings is 4. The minimum Gasteiger partial charge on any atom is -0.497 e. The molecule has 0 radical (unpaired) electrons. The predicted molar refractivity (Wildman–Crippen MR) is 128 cm³/mol. The average Bonchev–Trinajstić information content (AvgIpc) is 2.79. The van der Waals surface area contributed by atoms with E-state index in [0.717, 1.165) is 29.2 Å². The molecule has 0 aliphatic rings. The summed E-state index contributed by atoms with van der Waals surface area (Å²) < 4.78 is 11.4. The summed E-state index contributed by atoms with van der Waals surface area (Å²) in [4.78, 5) is 0. The average molecular weight is 452 g/mol. The summed E-state index contributed by atoms with van der Waals surface area (Å²) in [7, 11) is 1.67. The third-order valence-corrected chi connectivity index (χ3v) is 5.77. The highest BCUT2D eigenvalue weighted by molar-refractivity contribution is 6.35. The Hall–Kier alpha value is -2.72. The summed E-state index contributed by atoms with van der Waals surface area (Å²) in [5, 5.41) is 7.11. The van der Waals surface area contributed by atoms with Gasteiger partial charge in [0, 0.05) is 34.3 Å². The standard InChI is InChI=1S/C26H23Cl2NO2/c1-30-22-11-6-18(7-12-22)15-29-16-24-23-5-3-2-4-19(23)9-13-26(24)31-17-20-8-10-21(27)14-25(20)28/h2-14,29H,15-17H2,1H3. The van der Waals surface area contributed by atoms with Gasteiger partial charge in [-0.3, -0.25) is 0 Å². The molecule has 5 heteroatoms. The molecular weight excluding hydrogens is 429 g/mol. The lowest BCUT2D eigenvalue weighted by atomic mass is 10.0. The van der Waals surface area contributed by atoms with Gasteiger partial charge in [0.2, 0.25) is 0 Å². The molecule has 3 nitrogen and oxygen atoms in total. The third-order valence-electron chi connectivity index (χ3n) is 5.19. The zero-order valence-electron chi connectivity index (χ0n) is 17.2. The highest BCUT2D eigenvalue weighted by Crippen LogP contribution is 2.30. The first-order chi connectivity index (χ1) is 15.1. The number of nitrogens with one attached hydrogen (secondary N) is 1. The Labute approximate surface area is 192 Å². The van der Waals surface area contributed by atoms with Gasteiger partial charge in [-0.2, -0.15) is 0 Å². The van der Waals surface area contributed by atoms with E-state index in [1.807, 2.05) is 36.4 Å². The van der Waals surface area contributed by atoms with Gasteiger partial charge in [0.25, 0.3) is 0 Å². The molecule has 0 saturated carbocycles. The van der Waals surface area contributed by atoms with E-state index in [0.29, 0.717) is 23.2 Å². The van der Waals surface area contributed by atoms with Crippen molar-refractivity contribution in [2.24, 2.45) is 0 Å². The van der Waals surface area contributed by atoms with Gasteiger partial charge in [-0.25, -0.2) is 0 Å². The number of ether oxygens (including phenoxy) is 2. The minimum atomic E-state index is 0.375. The molecule has 0 aromatic heterocycles. The molecule has 0 bridgehead atoms. The molecule has 0 aliphatic carbocycles. The van der Waals surface area contributed by atoms with E-state index in [1.54, 1.807) is 13.2 Å². The van der Waals surface area contributed by atoms with Crippen molar-refractivity contribution in [1.29, 1.82) is 0 Å². The van der Waals surface area contributed by atoms with Crippen molar-refractivity contribution < 1.29 is 9.47 Å². The van der Waals surface area contributed by atoms with Crippen molar-refractivity contribution in [3.05, 3.63) is 106 Å². The second-order valence-electron chi connectivity index (χ2n) is 7.24. The molecule has 0 unspecified atom stereocenters. The number of halogens is 2. The monoisotopic (exact) mass is 451 g/mol. The largest absolute Gasteiger partial charge is 0.497 e. The van der Waals surface area contributed by atoms with Crippen molar-refractivity contribution in [3.8, 4) is 11.5 Å². The van der Waals surface area contributed by atoms with E-state index in [-0.39, 0.29) is 0 Å². The molecule has 0 spiro atoms. The summed E-state index contributed by atoms with van der Waals surface area (Å²) >= 11 is 12.3. The van der Waals surface area contributed by atoms with Gasteiger partial charge in [-0.15, -0.1) is 0 Å². The van der Waals surface area contributed by atoms with Crippen LogP contribution in [0.4, 0.5) is 0 Å². The van der Waals surface area contributed by atoms with Crippen LogP contribution in [-0.4, -0.2) is 7.11 Å². The van der Waals surface area contributed by atoms with Crippen LogP contribution in [-0.2, 0) is 19.7 Å². The van der Waals surface area contributed by atoms with E-state index in [1.165, 1.54) is 16.3 Å².